The Kier molecular flexibility index (Phi) is 5.31. The molecule has 0 aliphatic heterocycles. The van der Waals surface area contributed by atoms with Gasteiger partial charge in [-0.3, -0.25) is 4.98 Å². The zero-order chi connectivity index (χ0) is 13.5. The van der Waals surface area contributed by atoms with Gasteiger partial charge in [0.1, 0.15) is 0 Å². The van der Waals surface area contributed by atoms with Crippen molar-refractivity contribution in [2.24, 2.45) is 0 Å². The molecule has 0 spiro atoms. The molecule has 102 valence electrons. The first-order chi connectivity index (χ1) is 9.36. The van der Waals surface area contributed by atoms with Crippen LogP contribution in [0.2, 0.25) is 0 Å². The largest absolute Gasteiger partial charge is 0.385 e. The van der Waals surface area contributed by atoms with E-state index in [1.54, 1.807) is 7.11 Å². The smallest absolute Gasteiger partial charge is 0.0462 e. The summed E-state index contributed by atoms with van der Waals surface area (Å²) < 4.78 is 5.16. The molecular weight excluding hydrogens is 236 g/mol. The Bertz CT molecular complexity index is 508. The Labute approximate surface area is 115 Å². The fraction of sp³-hybridized carbons (Fsp3) is 0.438. The lowest BCUT2D eigenvalue weighted by Crippen LogP contribution is -2.21. The number of benzene rings is 1. The second kappa shape index (κ2) is 7.22. The summed E-state index contributed by atoms with van der Waals surface area (Å²) in [6.07, 6.45) is 5.94. The first kappa shape index (κ1) is 14.0. The van der Waals surface area contributed by atoms with Crippen LogP contribution < -0.4 is 5.32 Å². The van der Waals surface area contributed by atoms with Gasteiger partial charge in [-0.05, 0) is 36.4 Å². The van der Waals surface area contributed by atoms with Crippen LogP contribution >= 0.6 is 0 Å². The van der Waals surface area contributed by atoms with Gasteiger partial charge in [0.25, 0.3) is 0 Å². The van der Waals surface area contributed by atoms with Gasteiger partial charge in [-0.2, -0.15) is 0 Å². The van der Waals surface area contributed by atoms with Crippen molar-refractivity contribution in [1.29, 1.82) is 0 Å². The average molecular weight is 258 g/mol. The van der Waals surface area contributed by atoms with E-state index >= 15 is 0 Å². The van der Waals surface area contributed by atoms with Crippen LogP contribution in [0.3, 0.4) is 0 Å². The summed E-state index contributed by atoms with van der Waals surface area (Å²) in [7, 11) is 1.76. The van der Waals surface area contributed by atoms with E-state index in [0.717, 1.165) is 26.0 Å². The summed E-state index contributed by atoms with van der Waals surface area (Å²) >= 11 is 0. The van der Waals surface area contributed by atoms with E-state index in [1.807, 2.05) is 12.4 Å². The summed E-state index contributed by atoms with van der Waals surface area (Å²) in [4.78, 5) is 4.19. The molecule has 3 heteroatoms. The molecule has 1 heterocycles. The van der Waals surface area contributed by atoms with E-state index in [0.29, 0.717) is 6.04 Å². The number of methoxy groups -OCH3 is 1. The number of hydrogen-bond donors (Lipinski definition) is 1. The zero-order valence-corrected chi connectivity index (χ0v) is 11.7. The minimum absolute atomic E-state index is 0.381. The number of nitrogens with one attached hydrogen (secondary N) is 1. The number of hydrogen-bond acceptors (Lipinski definition) is 3. The van der Waals surface area contributed by atoms with Gasteiger partial charge in [-0.1, -0.05) is 25.1 Å². The van der Waals surface area contributed by atoms with Gasteiger partial charge in [0, 0.05) is 37.5 Å². The highest BCUT2D eigenvalue weighted by atomic mass is 16.5. The summed E-state index contributed by atoms with van der Waals surface area (Å²) in [6.45, 7) is 3.93. The molecule has 0 saturated carbocycles. The van der Waals surface area contributed by atoms with Crippen molar-refractivity contribution in [3.05, 3.63) is 42.2 Å². The third-order valence-electron chi connectivity index (χ3n) is 3.38. The lowest BCUT2D eigenvalue weighted by molar-refractivity contribution is 0.189. The molecule has 1 unspecified atom stereocenters. The van der Waals surface area contributed by atoms with Crippen LogP contribution in [0, 0.1) is 0 Å². The first-order valence-corrected chi connectivity index (χ1v) is 6.91. The molecule has 1 atom stereocenters. The van der Waals surface area contributed by atoms with Crippen LogP contribution in [0.5, 0.6) is 0 Å². The Morgan fingerprint density at radius 2 is 2.21 bits per heavy atom. The highest BCUT2D eigenvalue weighted by Gasteiger charge is 2.12. The van der Waals surface area contributed by atoms with Crippen molar-refractivity contribution in [3.8, 4) is 0 Å². The van der Waals surface area contributed by atoms with Crippen molar-refractivity contribution in [2.45, 2.75) is 25.8 Å². The molecule has 0 aliphatic carbocycles. The van der Waals surface area contributed by atoms with Crippen molar-refractivity contribution in [1.82, 2.24) is 10.3 Å². The second-order valence-corrected chi connectivity index (χ2v) is 4.69. The van der Waals surface area contributed by atoms with Crippen molar-refractivity contribution < 1.29 is 4.74 Å². The van der Waals surface area contributed by atoms with E-state index in [9.17, 15) is 0 Å². The molecule has 2 aromatic rings. The maximum absolute atomic E-state index is 5.16. The molecule has 0 saturated heterocycles. The van der Waals surface area contributed by atoms with Gasteiger partial charge in [0.15, 0.2) is 0 Å². The van der Waals surface area contributed by atoms with E-state index in [4.69, 9.17) is 4.74 Å². The molecule has 0 bridgehead atoms. The monoisotopic (exact) mass is 258 g/mol. The predicted molar refractivity (Wildman–Crippen MR) is 79.3 cm³/mol. The minimum atomic E-state index is 0.381. The summed E-state index contributed by atoms with van der Waals surface area (Å²) in [5.41, 5.74) is 1.36. The van der Waals surface area contributed by atoms with E-state index < -0.39 is 0 Å². The van der Waals surface area contributed by atoms with Crippen LogP contribution in [0.25, 0.3) is 10.8 Å². The molecule has 0 radical (unpaired) electrons. The maximum atomic E-state index is 5.16. The summed E-state index contributed by atoms with van der Waals surface area (Å²) in [5, 5.41) is 6.07. The Morgan fingerprint density at radius 1 is 1.32 bits per heavy atom. The maximum Gasteiger partial charge on any atom is 0.0462 e. The molecule has 0 aliphatic rings. The number of rotatable bonds is 7. The minimum Gasteiger partial charge on any atom is -0.385 e. The van der Waals surface area contributed by atoms with E-state index in [2.05, 4.69) is 41.5 Å². The number of nitrogens with zero attached hydrogens (tertiary/aromatic N) is 1. The summed E-state index contributed by atoms with van der Waals surface area (Å²) in [5.74, 6) is 0. The molecule has 0 amide bonds. The van der Waals surface area contributed by atoms with Crippen molar-refractivity contribution in [2.75, 3.05) is 20.3 Å². The van der Waals surface area contributed by atoms with Crippen LogP contribution in [0.1, 0.15) is 31.4 Å². The van der Waals surface area contributed by atoms with Gasteiger partial charge >= 0.3 is 0 Å². The van der Waals surface area contributed by atoms with Gasteiger partial charge in [-0.15, -0.1) is 0 Å². The van der Waals surface area contributed by atoms with Gasteiger partial charge in [-0.25, -0.2) is 0 Å². The Morgan fingerprint density at radius 3 is 3.00 bits per heavy atom. The molecule has 3 nitrogen and oxygen atoms in total. The number of fused-ring (bicyclic) bond motifs is 1. The molecule has 1 N–H and O–H groups in total. The fourth-order valence-electron chi connectivity index (χ4n) is 2.50. The van der Waals surface area contributed by atoms with Crippen LogP contribution in [0.4, 0.5) is 0 Å². The first-order valence-electron chi connectivity index (χ1n) is 6.91. The lowest BCUT2D eigenvalue weighted by atomic mass is 9.97. The highest BCUT2D eigenvalue weighted by molar-refractivity contribution is 5.85. The van der Waals surface area contributed by atoms with Gasteiger partial charge < -0.3 is 10.1 Å². The van der Waals surface area contributed by atoms with Crippen molar-refractivity contribution >= 4 is 10.8 Å². The highest BCUT2D eigenvalue weighted by Crippen LogP contribution is 2.26. The molecule has 19 heavy (non-hydrogen) atoms. The van der Waals surface area contributed by atoms with E-state index in [-0.39, 0.29) is 0 Å². The normalized spacial score (nSPS) is 12.7. The van der Waals surface area contributed by atoms with Crippen molar-refractivity contribution in [3.63, 3.8) is 0 Å². The number of ether oxygens (including phenoxy) is 1. The molecule has 2 rings (SSSR count). The molecule has 0 fully saturated rings. The van der Waals surface area contributed by atoms with Crippen LogP contribution in [0.15, 0.2) is 36.7 Å². The zero-order valence-electron chi connectivity index (χ0n) is 11.7. The second-order valence-electron chi connectivity index (χ2n) is 4.69. The third kappa shape index (κ3) is 3.52. The standard InChI is InChI=1S/C16H22N2O/c1-3-18-16(8-5-11-19-2)15-7-4-6-13-12-17-10-9-14(13)15/h4,6-7,9-10,12,16,18H,3,5,8,11H2,1-2H3. The molecular formula is C16H22N2O. The molecule has 1 aromatic carbocycles. The van der Waals surface area contributed by atoms with E-state index in [1.165, 1.54) is 16.3 Å². The third-order valence-corrected chi connectivity index (χ3v) is 3.38. The number of aromatic nitrogens is 1. The average Bonchev–Trinajstić information content (AvgIpc) is 2.46. The summed E-state index contributed by atoms with van der Waals surface area (Å²) in [6, 6.07) is 8.92. The van der Waals surface area contributed by atoms with Crippen LogP contribution in [-0.4, -0.2) is 25.2 Å². The van der Waals surface area contributed by atoms with Crippen LogP contribution in [-0.2, 0) is 4.74 Å². The Hall–Kier alpha value is -1.45. The topological polar surface area (TPSA) is 34.1 Å². The number of pyridine rings is 1. The SMILES string of the molecule is CCNC(CCCOC)c1cccc2cnccc12. The molecule has 1 aromatic heterocycles. The predicted octanol–water partition coefficient (Wildman–Crippen LogP) is 3.31. The fourth-order valence-corrected chi connectivity index (χ4v) is 2.50. The Balaban J connectivity index is 2.27. The van der Waals surface area contributed by atoms with Gasteiger partial charge in [0.05, 0.1) is 0 Å². The quantitative estimate of drug-likeness (QED) is 0.774. The lowest BCUT2D eigenvalue weighted by Gasteiger charge is -2.20. The van der Waals surface area contributed by atoms with Gasteiger partial charge in [0.2, 0.25) is 0 Å².